The molecule has 0 aliphatic heterocycles. The minimum Gasteiger partial charge on any atom is -0.462 e. The molecular formula is C55H97NO8P+. The zero-order valence-corrected chi connectivity index (χ0v) is 43.1. The lowest BCUT2D eigenvalue weighted by atomic mass is 10.1. The first-order valence-electron chi connectivity index (χ1n) is 25.8. The van der Waals surface area contributed by atoms with Crippen LogP contribution in [0, 0.1) is 0 Å². The third kappa shape index (κ3) is 50.4. The van der Waals surface area contributed by atoms with Gasteiger partial charge >= 0.3 is 19.8 Å². The van der Waals surface area contributed by atoms with Gasteiger partial charge in [0.05, 0.1) is 27.7 Å². The molecule has 0 radical (unpaired) electrons. The van der Waals surface area contributed by atoms with Gasteiger partial charge in [-0.25, -0.2) is 4.57 Å². The van der Waals surface area contributed by atoms with E-state index in [1.54, 1.807) is 0 Å². The van der Waals surface area contributed by atoms with Gasteiger partial charge < -0.3 is 18.9 Å². The molecule has 0 rings (SSSR count). The molecule has 65 heavy (non-hydrogen) atoms. The first-order chi connectivity index (χ1) is 31.5. The number of carbonyl (C=O) groups excluding carboxylic acids is 2. The summed E-state index contributed by atoms with van der Waals surface area (Å²) in [6, 6.07) is 0. The van der Waals surface area contributed by atoms with Gasteiger partial charge in [0.15, 0.2) is 6.10 Å². The Morgan fingerprint density at radius 1 is 0.492 bits per heavy atom. The maximum atomic E-state index is 12.8. The van der Waals surface area contributed by atoms with Gasteiger partial charge in [0, 0.05) is 12.8 Å². The average Bonchev–Trinajstić information content (AvgIpc) is 3.26. The van der Waals surface area contributed by atoms with Gasteiger partial charge in [-0.05, 0) is 89.9 Å². The Bertz CT molecular complexity index is 1380. The molecule has 0 aromatic rings. The van der Waals surface area contributed by atoms with E-state index in [0.717, 1.165) is 116 Å². The van der Waals surface area contributed by atoms with Crippen LogP contribution in [0.5, 0.6) is 0 Å². The number of rotatable bonds is 46. The van der Waals surface area contributed by atoms with Crippen LogP contribution < -0.4 is 0 Å². The molecule has 0 bridgehead atoms. The molecule has 1 N–H and O–H groups in total. The standard InChI is InChI=1S/C55H96NO8P/c1-6-8-10-12-14-16-18-20-22-24-25-26-27-28-29-30-31-32-34-36-38-40-42-44-46-48-55(58)64-53(52-63-65(59,60)62-50-49-56(3,4)5)51-61-54(57)47-45-43-41-39-37-35-33-23-21-19-17-15-13-11-9-7-2/h8,10,14,16,20,22-23,25-26,28-29,31-33,53H,6-7,9,11-13,15,17-19,21,24,27,30,34-52H2,1-5H3/p+1/b10-8-,16-14-,22-20-,26-25-,29-28-,32-31-,33-23-. The molecule has 0 amide bonds. The van der Waals surface area contributed by atoms with Crippen molar-refractivity contribution in [3.63, 3.8) is 0 Å². The Kier molecular flexibility index (Phi) is 44.3. The van der Waals surface area contributed by atoms with Crippen molar-refractivity contribution < 1.29 is 42.1 Å². The fourth-order valence-corrected chi connectivity index (χ4v) is 7.40. The van der Waals surface area contributed by atoms with Crippen molar-refractivity contribution in [1.82, 2.24) is 0 Å². The number of quaternary nitrogens is 1. The second-order valence-corrected chi connectivity index (χ2v) is 19.6. The third-order valence-corrected chi connectivity index (χ3v) is 11.6. The monoisotopic (exact) mass is 931 g/mol. The van der Waals surface area contributed by atoms with Crippen molar-refractivity contribution in [2.45, 2.75) is 206 Å². The van der Waals surface area contributed by atoms with Crippen LogP contribution in [0.2, 0.25) is 0 Å². The third-order valence-electron chi connectivity index (χ3n) is 10.7. The van der Waals surface area contributed by atoms with Crippen LogP contribution in [-0.2, 0) is 32.7 Å². The van der Waals surface area contributed by atoms with E-state index >= 15 is 0 Å². The predicted molar refractivity (Wildman–Crippen MR) is 275 cm³/mol. The topological polar surface area (TPSA) is 108 Å². The summed E-state index contributed by atoms with van der Waals surface area (Å²) >= 11 is 0. The first-order valence-corrected chi connectivity index (χ1v) is 27.3. The maximum absolute atomic E-state index is 12.8. The van der Waals surface area contributed by atoms with Crippen LogP contribution in [-0.4, -0.2) is 74.9 Å². The Morgan fingerprint density at radius 2 is 0.877 bits per heavy atom. The minimum absolute atomic E-state index is 0.0231. The van der Waals surface area contributed by atoms with Crippen molar-refractivity contribution in [2.24, 2.45) is 0 Å². The molecule has 0 aliphatic carbocycles. The number of unbranched alkanes of at least 4 members (excludes halogenated alkanes) is 18. The normalized spacial score (nSPS) is 14.1. The molecule has 0 aromatic heterocycles. The highest BCUT2D eigenvalue weighted by Crippen LogP contribution is 2.43. The molecule has 0 spiro atoms. The van der Waals surface area contributed by atoms with Gasteiger partial charge in [-0.15, -0.1) is 0 Å². The second-order valence-electron chi connectivity index (χ2n) is 18.2. The van der Waals surface area contributed by atoms with E-state index in [4.69, 9.17) is 18.5 Å². The zero-order chi connectivity index (χ0) is 47.8. The summed E-state index contributed by atoms with van der Waals surface area (Å²) in [5.41, 5.74) is 0. The van der Waals surface area contributed by atoms with Gasteiger partial charge in [-0.3, -0.25) is 18.6 Å². The number of allylic oxidation sites excluding steroid dienone is 14. The van der Waals surface area contributed by atoms with Crippen molar-refractivity contribution in [2.75, 3.05) is 47.5 Å². The fraction of sp³-hybridized carbons (Fsp3) is 0.709. The number of phosphoric acid groups is 1. The van der Waals surface area contributed by atoms with E-state index in [0.29, 0.717) is 17.4 Å². The molecule has 2 unspecified atom stereocenters. The summed E-state index contributed by atoms with van der Waals surface area (Å²) in [6.07, 6.45) is 60.6. The summed E-state index contributed by atoms with van der Waals surface area (Å²) in [5.74, 6) is -0.829. The molecule has 0 aliphatic rings. The summed E-state index contributed by atoms with van der Waals surface area (Å²) in [7, 11) is 1.45. The van der Waals surface area contributed by atoms with Crippen LogP contribution in [0.1, 0.15) is 200 Å². The molecule has 2 atom stereocenters. The Labute approximate surface area is 399 Å². The number of likely N-dealkylation sites (N-methyl/N-ethyl adjacent to an activating group) is 1. The minimum atomic E-state index is -4.39. The van der Waals surface area contributed by atoms with Crippen molar-refractivity contribution in [3.05, 3.63) is 85.1 Å². The highest BCUT2D eigenvalue weighted by Gasteiger charge is 2.27. The van der Waals surface area contributed by atoms with Gasteiger partial charge in [0.2, 0.25) is 0 Å². The lowest BCUT2D eigenvalue weighted by Gasteiger charge is -2.24. The number of ether oxygens (including phenoxy) is 2. The van der Waals surface area contributed by atoms with E-state index in [9.17, 15) is 19.0 Å². The van der Waals surface area contributed by atoms with E-state index < -0.39 is 26.5 Å². The first kappa shape index (κ1) is 62.2. The van der Waals surface area contributed by atoms with Gasteiger partial charge in [-0.1, -0.05) is 182 Å². The number of nitrogens with zero attached hydrogens (tertiary/aromatic N) is 1. The fourth-order valence-electron chi connectivity index (χ4n) is 6.66. The summed E-state index contributed by atoms with van der Waals surface area (Å²) in [5, 5.41) is 0. The van der Waals surface area contributed by atoms with Crippen LogP contribution in [0.15, 0.2) is 85.1 Å². The lowest BCUT2D eigenvalue weighted by molar-refractivity contribution is -0.870. The zero-order valence-electron chi connectivity index (χ0n) is 42.2. The highest BCUT2D eigenvalue weighted by molar-refractivity contribution is 7.47. The second kappa shape index (κ2) is 46.3. The van der Waals surface area contributed by atoms with E-state index in [2.05, 4.69) is 98.9 Å². The molecule has 0 saturated heterocycles. The number of carbonyl (C=O) groups is 2. The summed E-state index contributed by atoms with van der Waals surface area (Å²) < 4.78 is 34.4. The Morgan fingerprint density at radius 3 is 1.32 bits per heavy atom. The maximum Gasteiger partial charge on any atom is 0.472 e. The lowest BCUT2D eigenvalue weighted by Crippen LogP contribution is -2.37. The molecule has 9 nitrogen and oxygen atoms in total. The SMILES string of the molecule is CC/C=C\C/C=C\C/C=C\C/C=C\C/C=C\C/C=C\CCCCCCCCC(=O)OC(COC(=O)CCCCCCC/C=C\CCCCCCCCC)COP(=O)(O)OCC[N+](C)(C)C. The van der Waals surface area contributed by atoms with Gasteiger partial charge in [-0.2, -0.15) is 0 Å². The van der Waals surface area contributed by atoms with Crippen LogP contribution in [0.3, 0.4) is 0 Å². The van der Waals surface area contributed by atoms with E-state index in [-0.39, 0.29) is 32.0 Å². The molecule has 0 saturated carbocycles. The van der Waals surface area contributed by atoms with Gasteiger partial charge in [0.25, 0.3) is 0 Å². The van der Waals surface area contributed by atoms with Crippen LogP contribution in [0.25, 0.3) is 0 Å². The van der Waals surface area contributed by atoms with Crippen molar-refractivity contribution in [1.29, 1.82) is 0 Å². The molecular weight excluding hydrogens is 834 g/mol. The smallest absolute Gasteiger partial charge is 0.462 e. The molecule has 0 heterocycles. The molecule has 10 heteroatoms. The van der Waals surface area contributed by atoms with Crippen LogP contribution in [0.4, 0.5) is 0 Å². The average molecular weight is 931 g/mol. The van der Waals surface area contributed by atoms with Crippen molar-refractivity contribution >= 4 is 19.8 Å². The van der Waals surface area contributed by atoms with Crippen molar-refractivity contribution in [3.8, 4) is 0 Å². The molecule has 374 valence electrons. The molecule has 0 aromatic carbocycles. The number of phosphoric ester groups is 1. The van der Waals surface area contributed by atoms with E-state index in [1.165, 1.54) is 51.4 Å². The highest BCUT2D eigenvalue weighted by atomic mass is 31.2. The Balaban J connectivity index is 4.31. The summed E-state index contributed by atoms with van der Waals surface area (Å²) in [4.78, 5) is 35.5. The Hall–Kier alpha value is -2.81. The summed E-state index contributed by atoms with van der Waals surface area (Å²) in [6.45, 7) is 4.28. The number of esters is 2. The molecule has 0 fully saturated rings. The number of hydrogen-bond donors (Lipinski definition) is 1. The quantitative estimate of drug-likeness (QED) is 0.0211. The number of hydrogen-bond acceptors (Lipinski definition) is 7. The van der Waals surface area contributed by atoms with Crippen LogP contribution >= 0.6 is 7.82 Å². The largest absolute Gasteiger partial charge is 0.472 e. The van der Waals surface area contributed by atoms with Gasteiger partial charge in [0.1, 0.15) is 19.8 Å². The predicted octanol–water partition coefficient (Wildman–Crippen LogP) is 15.5. The van der Waals surface area contributed by atoms with E-state index in [1.807, 2.05) is 21.1 Å².